The van der Waals surface area contributed by atoms with E-state index in [9.17, 15) is 18.4 Å². The zero-order chi connectivity index (χ0) is 18.9. The van der Waals surface area contributed by atoms with Crippen LogP contribution >= 0.6 is 0 Å². The lowest BCUT2D eigenvalue weighted by molar-refractivity contribution is -0.137. The topological polar surface area (TPSA) is 28.7 Å². The van der Waals surface area contributed by atoms with Gasteiger partial charge in [0.15, 0.2) is 0 Å². The van der Waals surface area contributed by atoms with Gasteiger partial charge in [-0.2, -0.15) is 18.4 Å². The summed E-state index contributed by atoms with van der Waals surface area (Å²) in [5.74, 6) is 0. The molecule has 0 bridgehead atoms. The number of aryl methyl sites for hydroxylation is 1. The predicted octanol–water partition coefficient (Wildman–Crippen LogP) is 6.30. The third-order valence-corrected chi connectivity index (χ3v) is 5.13. The summed E-state index contributed by atoms with van der Waals surface area (Å²) in [5.41, 5.74) is 2.86. The quantitative estimate of drug-likeness (QED) is 0.592. The molecule has 5 heteroatoms. The van der Waals surface area contributed by atoms with Crippen LogP contribution in [0.15, 0.2) is 30.3 Å². The average molecular weight is 358 g/mol. The Bertz CT molecular complexity index is 876. The molecule has 1 aromatic carbocycles. The largest absolute Gasteiger partial charge is 0.416 e. The molecule has 1 fully saturated rings. The molecule has 2 nitrogen and oxygen atoms in total. The van der Waals surface area contributed by atoms with Gasteiger partial charge in [0.1, 0.15) is 0 Å². The van der Waals surface area contributed by atoms with Crippen molar-refractivity contribution in [2.24, 2.45) is 0 Å². The van der Waals surface area contributed by atoms with Crippen molar-refractivity contribution >= 4 is 11.6 Å². The van der Waals surface area contributed by atoms with Crippen molar-refractivity contribution in [3.8, 4) is 6.07 Å². The first-order valence-electron chi connectivity index (χ1n) is 8.79. The smallest absolute Gasteiger partial charge is 0.346 e. The second-order valence-electron chi connectivity index (χ2n) is 6.88. The molecule has 1 saturated carbocycles. The van der Waals surface area contributed by atoms with E-state index in [1.165, 1.54) is 18.9 Å². The van der Waals surface area contributed by atoms with Crippen molar-refractivity contribution in [2.75, 3.05) is 0 Å². The summed E-state index contributed by atoms with van der Waals surface area (Å²) in [6, 6.07) is 9.48. The zero-order valence-electron chi connectivity index (χ0n) is 14.9. The minimum atomic E-state index is -4.42. The third kappa shape index (κ3) is 3.55. The van der Waals surface area contributed by atoms with Crippen molar-refractivity contribution in [3.63, 3.8) is 0 Å². The third-order valence-electron chi connectivity index (χ3n) is 5.13. The SMILES string of the molecule is Cc1cc(/C=C(/C#N)c2cccc(C(F)(F)F)c2)c(C)n1C1CCCC1. The van der Waals surface area contributed by atoms with Crippen LogP contribution in [-0.4, -0.2) is 4.57 Å². The van der Waals surface area contributed by atoms with Gasteiger partial charge in [-0.3, -0.25) is 0 Å². The first-order valence-corrected chi connectivity index (χ1v) is 8.79. The molecule has 3 rings (SSSR count). The number of alkyl halides is 3. The van der Waals surface area contributed by atoms with Crippen molar-refractivity contribution in [3.05, 3.63) is 58.4 Å². The van der Waals surface area contributed by atoms with Crippen molar-refractivity contribution in [2.45, 2.75) is 51.7 Å². The van der Waals surface area contributed by atoms with E-state index in [0.717, 1.165) is 41.9 Å². The van der Waals surface area contributed by atoms with Crippen molar-refractivity contribution in [1.82, 2.24) is 4.57 Å². The highest BCUT2D eigenvalue weighted by Gasteiger charge is 2.30. The molecule has 0 unspecified atom stereocenters. The molecule has 1 heterocycles. The summed E-state index contributed by atoms with van der Waals surface area (Å²) in [6.45, 7) is 4.05. The summed E-state index contributed by atoms with van der Waals surface area (Å²) in [7, 11) is 0. The average Bonchev–Trinajstić information content (AvgIpc) is 3.20. The lowest BCUT2D eigenvalue weighted by atomic mass is 10.0. The number of benzene rings is 1. The second-order valence-corrected chi connectivity index (χ2v) is 6.88. The monoisotopic (exact) mass is 358 g/mol. The van der Waals surface area contributed by atoms with Crippen LogP contribution in [0.25, 0.3) is 11.6 Å². The van der Waals surface area contributed by atoms with Crippen molar-refractivity contribution in [1.29, 1.82) is 5.26 Å². The van der Waals surface area contributed by atoms with E-state index in [0.29, 0.717) is 6.04 Å². The Hall–Kier alpha value is -2.48. The molecule has 1 aliphatic rings. The molecule has 0 amide bonds. The van der Waals surface area contributed by atoms with E-state index < -0.39 is 11.7 Å². The van der Waals surface area contributed by atoms with Gasteiger partial charge < -0.3 is 4.57 Å². The molecule has 1 aromatic heterocycles. The molecule has 0 spiro atoms. The summed E-state index contributed by atoms with van der Waals surface area (Å²) < 4.78 is 41.2. The van der Waals surface area contributed by atoms with Crippen LogP contribution in [0.4, 0.5) is 13.2 Å². The van der Waals surface area contributed by atoms with Gasteiger partial charge in [0, 0.05) is 17.4 Å². The predicted molar refractivity (Wildman–Crippen MR) is 96.3 cm³/mol. The van der Waals surface area contributed by atoms with Crippen LogP contribution < -0.4 is 0 Å². The second kappa shape index (κ2) is 7.03. The molecule has 0 radical (unpaired) electrons. The molecule has 26 heavy (non-hydrogen) atoms. The van der Waals surface area contributed by atoms with Gasteiger partial charge in [0.2, 0.25) is 0 Å². The van der Waals surface area contributed by atoms with Gasteiger partial charge in [-0.05, 0) is 62.1 Å². The number of hydrogen-bond acceptors (Lipinski definition) is 1. The van der Waals surface area contributed by atoms with Crippen LogP contribution in [-0.2, 0) is 6.18 Å². The fourth-order valence-electron chi connectivity index (χ4n) is 3.87. The van der Waals surface area contributed by atoms with Crippen LogP contribution in [0.2, 0.25) is 0 Å². The van der Waals surface area contributed by atoms with E-state index in [-0.39, 0.29) is 11.1 Å². The standard InChI is InChI=1S/C21H21F3N2/c1-14-10-17(15(2)26(14)20-8-3-4-9-20)11-18(13-25)16-6-5-7-19(12-16)21(22,23)24/h5-7,10-12,20H,3-4,8-9H2,1-2H3/b18-11-. The van der Waals surface area contributed by atoms with Gasteiger partial charge >= 0.3 is 6.18 Å². The maximum absolute atomic E-state index is 12.9. The Labute approximate surface area is 151 Å². The number of hydrogen-bond donors (Lipinski definition) is 0. The lowest BCUT2D eigenvalue weighted by Crippen LogP contribution is -2.08. The number of rotatable bonds is 3. The van der Waals surface area contributed by atoms with E-state index in [1.807, 2.05) is 19.9 Å². The van der Waals surface area contributed by atoms with Crippen molar-refractivity contribution < 1.29 is 13.2 Å². The molecule has 0 aliphatic heterocycles. The number of nitriles is 1. The number of halogens is 3. The molecule has 2 aromatic rings. The molecule has 0 atom stereocenters. The van der Waals surface area contributed by atoms with E-state index in [1.54, 1.807) is 12.1 Å². The maximum Gasteiger partial charge on any atom is 0.416 e. The summed E-state index contributed by atoms with van der Waals surface area (Å²) in [4.78, 5) is 0. The minimum absolute atomic E-state index is 0.239. The summed E-state index contributed by atoms with van der Waals surface area (Å²) in [5, 5.41) is 9.51. The molecule has 0 saturated heterocycles. The van der Waals surface area contributed by atoms with Gasteiger partial charge in [-0.25, -0.2) is 0 Å². The fourth-order valence-corrected chi connectivity index (χ4v) is 3.87. The number of aromatic nitrogens is 1. The summed E-state index contributed by atoms with van der Waals surface area (Å²) in [6.07, 6.45) is 2.02. The normalized spacial score (nSPS) is 16.1. The zero-order valence-corrected chi connectivity index (χ0v) is 14.9. The van der Waals surface area contributed by atoms with Gasteiger partial charge in [0.25, 0.3) is 0 Å². The van der Waals surface area contributed by atoms with E-state index in [4.69, 9.17) is 0 Å². The summed E-state index contributed by atoms with van der Waals surface area (Å²) >= 11 is 0. The Morgan fingerprint density at radius 3 is 2.50 bits per heavy atom. The van der Waals surface area contributed by atoms with Crippen LogP contribution in [0.1, 0.15) is 59.8 Å². The van der Waals surface area contributed by atoms with Crippen LogP contribution in [0, 0.1) is 25.2 Å². The lowest BCUT2D eigenvalue weighted by Gasteiger charge is -2.17. The number of allylic oxidation sites excluding steroid dienone is 1. The Balaban J connectivity index is 2.01. The molecule has 1 aliphatic carbocycles. The number of nitrogens with zero attached hydrogens (tertiary/aromatic N) is 2. The Kier molecular flexibility index (Phi) is 4.95. The highest BCUT2D eigenvalue weighted by atomic mass is 19.4. The Morgan fingerprint density at radius 1 is 1.19 bits per heavy atom. The molecule has 136 valence electrons. The van der Waals surface area contributed by atoms with Gasteiger partial charge in [0.05, 0.1) is 17.2 Å². The molecule has 0 N–H and O–H groups in total. The first-order chi connectivity index (χ1) is 12.3. The van der Waals surface area contributed by atoms with E-state index >= 15 is 0 Å². The van der Waals surface area contributed by atoms with E-state index in [2.05, 4.69) is 10.6 Å². The van der Waals surface area contributed by atoms with Crippen LogP contribution in [0.5, 0.6) is 0 Å². The fraction of sp³-hybridized carbons (Fsp3) is 0.381. The van der Waals surface area contributed by atoms with Gasteiger partial charge in [-0.1, -0.05) is 25.0 Å². The van der Waals surface area contributed by atoms with Gasteiger partial charge in [-0.15, -0.1) is 0 Å². The molecular weight excluding hydrogens is 337 g/mol. The minimum Gasteiger partial charge on any atom is -0.346 e. The highest BCUT2D eigenvalue weighted by Crippen LogP contribution is 2.35. The first kappa shape index (κ1) is 18.3. The highest BCUT2D eigenvalue weighted by molar-refractivity contribution is 5.90. The molecular formula is C21H21F3N2. The Morgan fingerprint density at radius 2 is 1.88 bits per heavy atom. The maximum atomic E-state index is 12.9. The van der Waals surface area contributed by atoms with Crippen LogP contribution in [0.3, 0.4) is 0 Å².